The van der Waals surface area contributed by atoms with Crippen LogP contribution < -0.4 is 10.0 Å². The van der Waals surface area contributed by atoms with E-state index in [1.165, 1.54) is 11.8 Å². The van der Waals surface area contributed by atoms with Crippen molar-refractivity contribution in [3.05, 3.63) is 12.7 Å². The number of hydrogen-bond donors (Lipinski definition) is 2. The third-order valence-electron chi connectivity index (χ3n) is 5.21. The summed E-state index contributed by atoms with van der Waals surface area (Å²) in [4.78, 5) is 38.3. The molecule has 2 saturated carbocycles. The second-order valence-electron chi connectivity index (χ2n) is 7.05. The highest BCUT2D eigenvalue weighted by molar-refractivity contribution is 7.91. The molecule has 3 atom stereocenters. The molecule has 0 aromatic carbocycles. The Bertz CT molecular complexity index is 730. The lowest BCUT2D eigenvalue weighted by Gasteiger charge is -2.25. The molecular weight excluding hydrogens is 346 g/mol. The lowest BCUT2D eigenvalue weighted by atomic mass is 10.1. The molecule has 1 aliphatic heterocycles. The van der Waals surface area contributed by atoms with Crippen molar-refractivity contribution in [1.29, 1.82) is 0 Å². The van der Waals surface area contributed by atoms with Gasteiger partial charge >= 0.3 is 0 Å². The lowest BCUT2D eigenvalue weighted by Crippen LogP contribution is -2.56. The highest BCUT2D eigenvalue weighted by Gasteiger charge is 2.61. The van der Waals surface area contributed by atoms with E-state index in [2.05, 4.69) is 16.6 Å². The van der Waals surface area contributed by atoms with Gasteiger partial charge in [-0.1, -0.05) is 6.08 Å². The van der Waals surface area contributed by atoms with Gasteiger partial charge in [0.1, 0.15) is 11.6 Å². The van der Waals surface area contributed by atoms with Crippen molar-refractivity contribution in [3.63, 3.8) is 0 Å². The van der Waals surface area contributed by atoms with Crippen molar-refractivity contribution in [2.24, 2.45) is 5.92 Å². The fraction of sp³-hybridized carbons (Fsp3) is 0.688. The minimum Gasteiger partial charge on any atom is -0.339 e. The molecule has 2 N–H and O–H groups in total. The summed E-state index contributed by atoms with van der Waals surface area (Å²) in [5.74, 6) is -1.65. The Morgan fingerprint density at radius 3 is 2.44 bits per heavy atom. The van der Waals surface area contributed by atoms with E-state index in [0.717, 1.165) is 6.42 Å². The van der Waals surface area contributed by atoms with Crippen molar-refractivity contribution in [2.75, 3.05) is 6.54 Å². The summed E-state index contributed by atoms with van der Waals surface area (Å²) in [7, 11) is -3.69. The summed E-state index contributed by atoms with van der Waals surface area (Å²) >= 11 is 0. The van der Waals surface area contributed by atoms with Crippen LogP contribution in [0.5, 0.6) is 0 Å². The summed E-state index contributed by atoms with van der Waals surface area (Å²) < 4.78 is 26.2. The third kappa shape index (κ3) is 3.29. The predicted molar refractivity (Wildman–Crippen MR) is 89.7 cm³/mol. The van der Waals surface area contributed by atoms with Crippen molar-refractivity contribution in [3.8, 4) is 0 Å². The molecule has 0 spiro atoms. The van der Waals surface area contributed by atoms with Crippen molar-refractivity contribution in [1.82, 2.24) is 14.9 Å². The molecule has 0 aromatic heterocycles. The second-order valence-corrected chi connectivity index (χ2v) is 9.01. The van der Waals surface area contributed by atoms with Gasteiger partial charge in [-0.3, -0.25) is 19.1 Å². The zero-order valence-corrected chi connectivity index (χ0v) is 15.0. The van der Waals surface area contributed by atoms with Gasteiger partial charge in [-0.05, 0) is 32.1 Å². The monoisotopic (exact) mass is 369 g/mol. The number of amides is 3. The first-order valence-corrected chi connectivity index (χ1v) is 10.0. The van der Waals surface area contributed by atoms with Gasteiger partial charge in [-0.25, -0.2) is 8.42 Å². The Kier molecular flexibility index (Phi) is 4.38. The Morgan fingerprint density at radius 1 is 1.24 bits per heavy atom. The number of hydrogen-bond acceptors (Lipinski definition) is 5. The molecule has 1 saturated heterocycles. The number of carbonyl (C=O) groups is 3. The number of rotatable bonds is 6. The maximum atomic E-state index is 12.6. The molecule has 2 aliphatic carbocycles. The van der Waals surface area contributed by atoms with Crippen molar-refractivity contribution < 1.29 is 22.8 Å². The molecule has 3 fully saturated rings. The fourth-order valence-corrected chi connectivity index (χ4v) is 4.80. The Hall–Kier alpha value is -1.90. The van der Waals surface area contributed by atoms with Crippen LogP contribution in [0.4, 0.5) is 0 Å². The first-order chi connectivity index (χ1) is 11.7. The molecular formula is C16H23N3O5S. The SMILES string of the molecule is C=C[C@@H]1C[C@]1(NC(=O)[C@@H]1CCCN1C(C)=O)C(=O)NS(=O)(=O)C1CC1. The van der Waals surface area contributed by atoms with E-state index in [1.807, 2.05) is 0 Å². The van der Waals surface area contributed by atoms with Crippen molar-refractivity contribution >= 4 is 27.7 Å². The number of nitrogens with zero attached hydrogens (tertiary/aromatic N) is 1. The molecule has 0 aromatic rings. The number of nitrogens with one attached hydrogen (secondary N) is 2. The van der Waals surface area contributed by atoms with Gasteiger partial charge in [0.15, 0.2) is 0 Å². The van der Waals surface area contributed by atoms with Crippen LogP contribution in [0.1, 0.15) is 39.0 Å². The van der Waals surface area contributed by atoms with Gasteiger partial charge in [0.05, 0.1) is 5.25 Å². The van der Waals surface area contributed by atoms with E-state index < -0.39 is 38.7 Å². The summed E-state index contributed by atoms with van der Waals surface area (Å²) in [5.41, 5.74) is -1.29. The van der Waals surface area contributed by atoms with Crippen LogP contribution in [-0.4, -0.2) is 54.4 Å². The minimum atomic E-state index is -3.69. The van der Waals surface area contributed by atoms with E-state index in [4.69, 9.17) is 0 Å². The van der Waals surface area contributed by atoms with Gasteiger partial charge in [0, 0.05) is 19.4 Å². The predicted octanol–water partition coefficient (Wildman–Crippen LogP) is -0.333. The Morgan fingerprint density at radius 2 is 1.92 bits per heavy atom. The summed E-state index contributed by atoms with van der Waals surface area (Å²) in [5, 5.41) is 2.18. The average Bonchev–Trinajstić information content (AvgIpc) is 3.44. The lowest BCUT2D eigenvalue weighted by molar-refractivity contribution is -0.138. The molecule has 25 heavy (non-hydrogen) atoms. The Balaban J connectivity index is 1.72. The van der Waals surface area contributed by atoms with Gasteiger partial charge < -0.3 is 10.2 Å². The van der Waals surface area contributed by atoms with Gasteiger partial charge in [0.25, 0.3) is 5.91 Å². The standard InChI is InChI=1S/C16H23N3O5S/c1-3-11-9-16(11,15(22)18-25(23,24)12-6-7-12)17-14(21)13-5-4-8-19(13)10(2)20/h3,11-13H,1,4-9H2,2H3,(H,17,21)(H,18,22)/t11-,13+,16-/m1/s1. The molecule has 0 unspecified atom stereocenters. The third-order valence-corrected chi connectivity index (χ3v) is 7.03. The van der Waals surface area contributed by atoms with E-state index in [1.54, 1.807) is 6.08 Å². The normalized spacial score (nSPS) is 31.3. The largest absolute Gasteiger partial charge is 0.339 e. The molecule has 3 amide bonds. The maximum Gasteiger partial charge on any atom is 0.259 e. The Labute approximate surface area is 147 Å². The zero-order chi connectivity index (χ0) is 18.4. The van der Waals surface area contributed by atoms with Crippen LogP contribution in [0.25, 0.3) is 0 Å². The number of carbonyl (C=O) groups excluding carboxylic acids is 3. The topological polar surface area (TPSA) is 113 Å². The average molecular weight is 369 g/mol. The van der Waals surface area contributed by atoms with Crippen LogP contribution in [0, 0.1) is 5.92 Å². The molecule has 0 radical (unpaired) electrons. The molecule has 9 heteroatoms. The van der Waals surface area contributed by atoms with E-state index in [0.29, 0.717) is 32.2 Å². The quantitative estimate of drug-likeness (QED) is 0.623. The maximum absolute atomic E-state index is 12.6. The molecule has 3 rings (SSSR count). The first-order valence-electron chi connectivity index (χ1n) is 8.49. The summed E-state index contributed by atoms with van der Waals surface area (Å²) in [6.07, 6.45) is 4.19. The highest BCUT2D eigenvalue weighted by Crippen LogP contribution is 2.45. The summed E-state index contributed by atoms with van der Waals surface area (Å²) in [6, 6.07) is -0.617. The van der Waals surface area contributed by atoms with Gasteiger partial charge in [0.2, 0.25) is 21.8 Å². The minimum absolute atomic E-state index is 0.191. The number of sulfonamides is 1. The molecule has 138 valence electrons. The van der Waals surface area contributed by atoms with Crippen molar-refractivity contribution in [2.45, 2.75) is 55.9 Å². The van der Waals surface area contributed by atoms with Crippen LogP contribution >= 0.6 is 0 Å². The van der Waals surface area contributed by atoms with Crippen LogP contribution in [0.15, 0.2) is 12.7 Å². The van der Waals surface area contributed by atoms with Crippen LogP contribution in [-0.2, 0) is 24.4 Å². The fourth-order valence-electron chi connectivity index (χ4n) is 3.44. The molecule has 1 heterocycles. The van der Waals surface area contributed by atoms with Crippen LogP contribution in [0.2, 0.25) is 0 Å². The van der Waals surface area contributed by atoms with E-state index in [9.17, 15) is 22.8 Å². The molecule has 3 aliphatic rings. The second kappa shape index (κ2) is 6.12. The first kappa shape index (κ1) is 17.9. The van der Waals surface area contributed by atoms with E-state index >= 15 is 0 Å². The highest BCUT2D eigenvalue weighted by atomic mass is 32.2. The van der Waals surface area contributed by atoms with Gasteiger partial charge in [-0.15, -0.1) is 6.58 Å². The smallest absolute Gasteiger partial charge is 0.259 e. The van der Waals surface area contributed by atoms with Crippen LogP contribution in [0.3, 0.4) is 0 Å². The molecule has 8 nitrogen and oxygen atoms in total. The van der Waals surface area contributed by atoms with E-state index in [-0.39, 0.29) is 11.8 Å². The number of likely N-dealkylation sites (tertiary alicyclic amines) is 1. The summed E-state index contributed by atoms with van der Waals surface area (Å²) in [6.45, 7) is 5.56. The van der Waals surface area contributed by atoms with Gasteiger partial charge in [-0.2, -0.15) is 0 Å². The zero-order valence-electron chi connectivity index (χ0n) is 14.2. The molecule has 0 bridgehead atoms.